The molecule has 3 heteroatoms. The molecule has 0 saturated carbocycles. The molecular weight excluding hydrogens is 444 g/mol. The van der Waals surface area contributed by atoms with Crippen molar-refractivity contribution in [1.29, 1.82) is 0 Å². The van der Waals surface area contributed by atoms with E-state index in [9.17, 15) is 9.59 Å². The Bertz CT molecular complexity index is 1750. The van der Waals surface area contributed by atoms with Crippen molar-refractivity contribution in [3.8, 4) is 22.3 Å². The highest BCUT2D eigenvalue weighted by molar-refractivity contribution is 7.04. The first-order valence-electron chi connectivity index (χ1n) is 11.9. The highest BCUT2D eigenvalue weighted by atomic mass is 28.3. The minimum atomic E-state index is -2.08. The van der Waals surface area contributed by atoms with E-state index in [0.29, 0.717) is 22.3 Å². The predicted molar refractivity (Wildman–Crippen MR) is 145 cm³/mol. The lowest BCUT2D eigenvalue weighted by Crippen LogP contribution is -2.49. The van der Waals surface area contributed by atoms with Gasteiger partial charge >= 0.3 is 0 Å². The van der Waals surface area contributed by atoms with Gasteiger partial charge in [-0.1, -0.05) is 110 Å². The number of fused-ring (bicyclic) bond motifs is 6. The molecule has 0 bridgehead atoms. The van der Waals surface area contributed by atoms with Crippen molar-refractivity contribution in [2.75, 3.05) is 0 Å². The number of hydrogen-bond donors (Lipinski definition) is 0. The second-order valence-electron chi connectivity index (χ2n) is 10.1. The molecule has 0 unspecified atom stereocenters. The molecule has 5 aromatic rings. The summed E-state index contributed by atoms with van der Waals surface area (Å²) in [6.45, 7) is 4.69. The highest BCUT2D eigenvalue weighted by Gasteiger charge is 2.34. The zero-order valence-electron chi connectivity index (χ0n) is 19.6. The summed E-state index contributed by atoms with van der Waals surface area (Å²) >= 11 is 0. The molecule has 0 atom stereocenters. The maximum atomic E-state index is 13.4. The van der Waals surface area contributed by atoms with Gasteiger partial charge in [-0.3, -0.25) is 9.59 Å². The maximum absolute atomic E-state index is 13.4. The van der Waals surface area contributed by atoms with Gasteiger partial charge < -0.3 is 0 Å². The average molecular weight is 467 g/mol. The van der Waals surface area contributed by atoms with Gasteiger partial charge in [-0.05, 0) is 28.0 Å². The van der Waals surface area contributed by atoms with Gasteiger partial charge in [-0.15, -0.1) is 0 Å². The monoisotopic (exact) mass is 466 g/mol. The predicted octanol–water partition coefficient (Wildman–Crippen LogP) is 6.09. The third-order valence-electron chi connectivity index (χ3n) is 7.82. The standard InChI is InChI=1S/C32H22O2Si/c1-35(2)29-16-20(22-13-7-9-19-8-3-4-10-21(19)22)14-15-23(29)26-17-27-28(18-30(26)35)32(34)25-12-6-5-11-24(25)31(27)33/h3-18H,1-2H3/q-1. The van der Waals surface area contributed by atoms with Crippen LogP contribution in [-0.2, 0) is 0 Å². The van der Waals surface area contributed by atoms with Crippen LogP contribution in [0.2, 0.25) is 13.1 Å². The van der Waals surface area contributed by atoms with Crippen LogP contribution in [0.3, 0.4) is 0 Å². The van der Waals surface area contributed by atoms with Gasteiger partial charge in [-0.2, -0.15) is 23.5 Å². The summed E-state index contributed by atoms with van der Waals surface area (Å²) in [7, 11) is -2.08. The van der Waals surface area contributed by atoms with Crippen LogP contribution in [0.15, 0.2) is 97.1 Å². The van der Waals surface area contributed by atoms with Gasteiger partial charge in [0.1, 0.15) is 0 Å². The summed E-state index contributed by atoms with van der Waals surface area (Å²) in [4.78, 5) is 26.7. The molecule has 5 aromatic carbocycles. The lowest BCUT2D eigenvalue weighted by molar-refractivity contribution is 0.0979. The van der Waals surface area contributed by atoms with Crippen LogP contribution >= 0.6 is 0 Å². The molecule has 35 heavy (non-hydrogen) atoms. The van der Waals surface area contributed by atoms with Crippen LogP contribution in [0.4, 0.5) is 0 Å². The summed E-state index contributed by atoms with van der Waals surface area (Å²) < 4.78 is 0. The molecule has 1 aliphatic heterocycles. The lowest BCUT2D eigenvalue weighted by Gasteiger charge is -2.33. The molecule has 1 heterocycles. The molecule has 1 aliphatic carbocycles. The fourth-order valence-electron chi connectivity index (χ4n) is 5.97. The van der Waals surface area contributed by atoms with Gasteiger partial charge in [0.25, 0.3) is 0 Å². The van der Waals surface area contributed by atoms with Gasteiger partial charge in [0.2, 0.25) is 0 Å². The van der Waals surface area contributed by atoms with E-state index >= 15 is 0 Å². The Balaban J connectivity index is 1.43. The minimum Gasteiger partial charge on any atom is -0.289 e. The summed E-state index contributed by atoms with van der Waals surface area (Å²) in [6.07, 6.45) is 0. The molecule has 0 amide bonds. The first-order chi connectivity index (χ1) is 16.9. The molecule has 0 spiro atoms. The van der Waals surface area contributed by atoms with Crippen LogP contribution in [0.25, 0.3) is 33.0 Å². The molecule has 0 radical (unpaired) electrons. The Morgan fingerprint density at radius 3 is 1.86 bits per heavy atom. The van der Waals surface area contributed by atoms with Crippen LogP contribution in [0.1, 0.15) is 31.8 Å². The average Bonchev–Trinajstić information content (AvgIpc) is 3.11. The van der Waals surface area contributed by atoms with E-state index in [1.807, 2.05) is 24.3 Å². The van der Waals surface area contributed by atoms with Crippen molar-refractivity contribution in [2.45, 2.75) is 13.1 Å². The quantitative estimate of drug-likeness (QED) is 0.275. The summed E-state index contributed by atoms with van der Waals surface area (Å²) in [6, 6.07) is 32.9. The second-order valence-corrected chi connectivity index (χ2v) is 14.4. The number of rotatable bonds is 1. The van der Waals surface area contributed by atoms with Crippen molar-refractivity contribution in [3.05, 3.63) is 119 Å². The Morgan fingerprint density at radius 1 is 0.486 bits per heavy atom. The van der Waals surface area contributed by atoms with E-state index in [1.54, 1.807) is 12.1 Å². The molecule has 0 saturated heterocycles. The third-order valence-corrected chi connectivity index (χ3v) is 11.3. The van der Waals surface area contributed by atoms with Crippen LogP contribution in [0, 0.1) is 0 Å². The van der Waals surface area contributed by atoms with E-state index in [2.05, 4.69) is 73.8 Å². The first kappa shape index (κ1) is 20.3. The largest absolute Gasteiger partial charge is 0.289 e. The number of carbonyl (C=O) groups excluding carboxylic acids is 2. The van der Waals surface area contributed by atoms with Crippen molar-refractivity contribution in [1.82, 2.24) is 0 Å². The molecule has 0 aromatic heterocycles. The molecule has 7 rings (SSSR count). The smallest absolute Gasteiger partial charge is 0.194 e. The van der Waals surface area contributed by atoms with E-state index in [0.717, 1.165) is 5.56 Å². The van der Waals surface area contributed by atoms with E-state index in [4.69, 9.17) is 0 Å². The number of benzene rings is 5. The van der Waals surface area contributed by atoms with Gasteiger partial charge in [0.05, 0.1) is 0 Å². The van der Waals surface area contributed by atoms with Gasteiger partial charge in [-0.25, -0.2) is 0 Å². The molecule has 2 nitrogen and oxygen atoms in total. The fraction of sp³-hybridized carbons (Fsp3) is 0.0625. The van der Waals surface area contributed by atoms with Crippen molar-refractivity contribution < 1.29 is 9.59 Å². The molecule has 167 valence electrons. The van der Waals surface area contributed by atoms with Gasteiger partial charge in [0.15, 0.2) is 11.6 Å². The third kappa shape index (κ3) is 2.70. The maximum Gasteiger partial charge on any atom is 0.194 e. The zero-order valence-corrected chi connectivity index (χ0v) is 20.6. The summed E-state index contributed by atoms with van der Waals surface area (Å²) in [5, 5.41) is 5.07. The molecule has 2 aliphatic rings. The van der Waals surface area contributed by atoms with Crippen molar-refractivity contribution in [3.63, 3.8) is 0 Å². The Hall–Kier alpha value is -4.08. The van der Waals surface area contributed by atoms with Crippen LogP contribution < -0.4 is 10.4 Å². The molecular formula is C32H22O2Si-. The topological polar surface area (TPSA) is 34.1 Å². The summed E-state index contributed by atoms with van der Waals surface area (Å²) in [5.41, 5.74) is 6.84. The van der Waals surface area contributed by atoms with E-state index < -0.39 is 8.07 Å². The van der Waals surface area contributed by atoms with E-state index in [-0.39, 0.29) is 11.6 Å². The highest BCUT2D eigenvalue weighted by Crippen LogP contribution is 2.37. The SMILES string of the molecule is C[Si-]1(C)c2cc(-c3cccc4ccccc34)ccc2-c2cc3c(cc21)C(=O)c1ccccc1C3=O. The molecule has 0 fully saturated rings. The zero-order chi connectivity index (χ0) is 23.9. The Labute approximate surface area is 204 Å². The lowest BCUT2D eigenvalue weighted by atomic mass is 9.82. The Morgan fingerprint density at radius 2 is 1.09 bits per heavy atom. The van der Waals surface area contributed by atoms with Crippen LogP contribution in [0.5, 0.6) is 0 Å². The van der Waals surface area contributed by atoms with Crippen molar-refractivity contribution in [2.24, 2.45) is 0 Å². The van der Waals surface area contributed by atoms with Crippen LogP contribution in [-0.4, -0.2) is 19.6 Å². The number of hydrogen-bond acceptors (Lipinski definition) is 2. The minimum absolute atomic E-state index is 0.0461. The number of ketones is 2. The second kappa shape index (κ2) is 6.97. The fourth-order valence-corrected chi connectivity index (χ4v) is 9.05. The summed E-state index contributed by atoms with van der Waals surface area (Å²) in [5.74, 6) is -0.103. The van der Waals surface area contributed by atoms with Gasteiger partial charge in [0, 0.05) is 22.3 Å². The normalized spacial score (nSPS) is 14.9. The van der Waals surface area contributed by atoms with Crippen molar-refractivity contribution >= 4 is 40.8 Å². The van der Waals surface area contributed by atoms with E-state index in [1.165, 1.54) is 37.8 Å². The molecule has 0 N–H and O–H groups in total. The Kier molecular flexibility index (Phi) is 4.04. The first-order valence-corrected chi connectivity index (χ1v) is 14.9. The number of carbonyl (C=O) groups is 2.